The molecule has 0 fully saturated rings. The summed E-state index contributed by atoms with van der Waals surface area (Å²) in [5.41, 5.74) is 3.00. The summed E-state index contributed by atoms with van der Waals surface area (Å²) in [5.74, 6) is 0.887. The Bertz CT molecular complexity index is 1570. The summed E-state index contributed by atoms with van der Waals surface area (Å²) in [7, 11) is 8.51. The highest BCUT2D eigenvalue weighted by Gasteiger charge is 2.33. The molecule has 1 atom stereocenters. The lowest BCUT2D eigenvalue weighted by molar-refractivity contribution is -0.139. The third-order valence-electron chi connectivity index (χ3n) is 6.26. The van der Waals surface area contributed by atoms with Crippen LogP contribution in [0.2, 0.25) is 0 Å². The van der Waals surface area contributed by atoms with Crippen molar-refractivity contribution in [3.05, 3.63) is 78.5 Å². The number of carbonyl (C=O) groups excluding carboxylic acids is 1. The molecule has 0 saturated heterocycles. The molecule has 10 heteroatoms. The van der Waals surface area contributed by atoms with Crippen LogP contribution in [0.3, 0.4) is 0 Å². The van der Waals surface area contributed by atoms with Gasteiger partial charge in [0.15, 0.2) is 16.3 Å². The van der Waals surface area contributed by atoms with E-state index in [0.717, 1.165) is 11.3 Å². The number of methoxy groups -OCH3 is 3. The fourth-order valence-corrected chi connectivity index (χ4v) is 5.48. The molecular formula is C28H31N3O6S. The van der Waals surface area contributed by atoms with E-state index in [-0.39, 0.29) is 12.2 Å². The van der Waals surface area contributed by atoms with E-state index in [1.54, 1.807) is 43.7 Å². The lowest BCUT2D eigenvalue weighted by atomic mass is 9.95. The van der Waals surface area contributed by atoms with Gasteiger partial charge in [-0.05, 0) is 49.8 Å². The molecule has 0 saturated carbocycles. The maximum absolute atomic E-state index is 13.9. The number of anilines is 1. The van der Waals surface area contributed by atoms with Crippen LogP contribution in [-0.2, 0) is 9.53 Å². The summed E-state index contributed by atoms with van der Waals surface area (Å²) in [4.78, 5) is 34.1. The van der Waals surface area contributed by atoms with Crippen LogP contribution < -0.4 is 34.0 Å². The van der Waals surface area contributed by atoms with Gasteiger partial charge in [-0.3, -0.25) is 9.36 Å². The quantitative estimate of drug-likeness (QED) is 0.408. The van der Waals surface area contributed by atoms with Crippen LogP contribution in [0.1, 0.15) is 31.0 Å². The van der Waals surface area contributed by atoms with Crippen molar-refractivity contribution >= 4 is 29.1 Å². The molecule has 0 bridgehead atoms. The van der Waals surface area contributed by atoms with E-state index in [1.165, 1.54) is 25.6 Å². The fourth-order valence-electron chi connectivity index (χ4n) is 4.44. The molecule has 0 amide bonds. The number of esters is 1. The number of nitrogens with zero attached hydrogens (tertiary/aromatic N) is 3. The highest BCUT2D eigenvalue weighted by atomic mass is 32.1. The Hall–Kier alpha value is -4.05. The van der Waals surface area contributed by atoms with Gasteiger partial charge < -0.3 is 23.8 Å². The summed E-state index contributed by atoms with van der Waals surface area (Å²) < 4.78 is 23.8. The number of allylic oxidation sites excluding steroid dienone is 1. The second-order valence-corrected chi connectivity index (χ2v) is 9.72. The van der Waals surface area contributed by atoms with Crippen LogP contribution in [-0.4, -0.2) is 52.6 Å². The van der Waals surface area contributed by atoms with Crippen LogP contribution in [0.4, 0.5) is 5.69 Å². The summed E-state index contributed by atoms with van der Waals surface area (Å²) in [6, 6.07) is 10.6. The molecule has 1 aliphatic heterocycles. The van der Waals surface area contributed by atoms with E-state index in [1.807, 2.05) is 43.3 Å². The smallest absolute Gasteiger partial charge is 0.338 e. The van der Waals surface area contributed by atoms with Gasteiger partial charge in [-0.1, -0.05) is 23.5 Å². The second kappa shape index (κ2) is 11.1. The van der Waals surface area contributed by atoms with Crippen molar-refractivity contribution < 1.29 is 23.7 Å². The first-order chi connectivity index (χ1) is 18.2. The summed E-state index contributed by atoms with van der Waals surface area (Å²) in [6.45, 7) is 3.73. The number of carbonyl (C=O) groups is 1. The average Bonchev–Trinajstić information content (AvgIpc) is 3.21. The van der Waals surface area contributed by atoms with Crippen molar-refractivity contribution in [3.8, 4) is 17.2 Å². The zero-order chi connectivity index (χ0) is 27.6. The van der Waals surface area contributed by atoms with E-state index < -0.39 is 12.0 Å². The highest BCUT2D eigenvalue weighted by Crippen LogP contribution is 2.40. The topological polar surface area (TPSA) is 91.6 Å². The van der Waals surface area contributed by atoms with Gasteiger partial charge in [-0.2, -0.15) is 0 Å². The minimum Gasteiger partial charge on any atom is -0.493 e. The molecule has 3 aromatic rings. The van der Waals surface area contributed by atoms with Crippen LogP contribution in [0, 0.1) is 0 Å². The number of hydrogen-bond acceptors (Lipinski definition) is 9. The SMILES string of the molecule is CCOC(=O)C1=C(C)N=c2sc(=Cc3ccc(OC)c(OC)c3OC)c(=O)n2[C@@H]1c1ccc(N(C)C)cc1. The summed E-state index contributed by atoms with van der Waals surface area (Å²) in [6.07, 6.45) is 1.74. The van der Waals surface area contributed by atoms with Crippen molar-refractivity contribution in [2.45, 2.75) is 19.9 Å². The predicted octanol–water partition coefficient (Wildman–Crippen LogP) is 2.89. The van der Waals surface area contributed by atoms with Crippen LogP contribution >= 0.6 is 11.3 Å². The molecular weight excluding hydrogens is 506 g/mol. The summed E-state index contributed by atoms with van der Waals surface area (Å²) in [5, 5.41) is 0. The Labute approximate surface area is 224 Å². The van der Waals surface area contributed by atoms with Gasteiger partial charge in [0.1, 0.15) is 0 Å². The molecule has 1 aromatic heterocycles. The maximum atomic E-state index is 13.9. The number of fused-ring (bicyclic) bond motifs is 1. The number of hydrogen-bond donors (Lipinski definition) is 0. The molecule has 0 aliphatic carbocycles. The average molecular weight is 538 g/mol. The lowest BCUT2D eigenvalue weighted by Crippen LogP contribution is -2.40. The minimum atomic E-state index is -0.684. The van der Waals surface area contributed by atoms with Gasteiger partial charge in [0, 0.05) is 25.3 Å². The van der Waals surface area contributed by atoms with Crippen molar-refractivity contribution in [1.29, 1.82) is 0 Å². The predicted molar refractivity (Wildman–Crippen MR) is 147 cm³/mol. The van der Waals surface area contributed by atoms with Crippen LogP contribution in [0.25, 0.3) is 6.08 Å². The van der Waals surface area contributed by atoms with Gasteiger partial charge in [0.25, 0.3) is 5.56 Å². The molecule has 2 heterocycles. The molecule has 1 aliphatic rings. The minimum absolute atomic E-state index is 0.214. The maximum Gasteiger partial charge on any atom is 0.338 e. The molecule has 38 heavy (non-hydrogen) atoms. The Kier molecular flexibility index (Phi) is 7.91. The third kappa shape index (κ3) is 4.79. The Morgan fingerprint density at radius 1 is 1.05 bits per heavy atom. The van der Waals surface area contributed by atoms with Gasteiger partial charge in [0.2, 0.25) is 5.75 Å². The first-order valence-electron chi connectivity index (χ1n) is 12.0. The van der Waals surface area contributed by atoms with E-state index in [9.17, 15) is 9.59 Å². The molecule has 0 spiro atoms. The number of ether oxygens (including phenoxy) is 4. The molecule has 2 aromatic carbocycles. The molecule has 200 valence electrons. The Morgan fingerprint density at radius 3 is 2.32 bits per heavy atom. The highest BCUT2D eigenvalue weighted by molar-refractivity contribution is 7.07. The van der Waals surface area contributed by atoms with Crippen molar-refractivity contribution in [2.75, 3.05) is 46.9 Å². The number of aromatic nitrogens is 1. The zero-order valence-electron chi connectivity index (χ0n) is 22.5. The zero-order valence-corrected chi connectivity index (χ0v) is 23.3. The van der Waals surface area contributed by atoms with Crippen LogP contribution in [0.15, 0.2) is 57.5 Å². The van der Waals surface area contributed by atoms with Crippen molar-refractivity contribution in [3.63, 3.8) is 0 Å². The molecule has 0 unspecified atom stereocenters. The third-order valence-corrected chi connectivity index (χ3v) is 7.25. The van der Waals surface area contributed by atoms with Gasteiger partial charge in [0.05, 0.1) is 49.8 Å². The number of thiazole rings is 1. The molecule has 4 rings (SSSR count). The van der Waals surface area contributed by atoms with Gasteiger partial charge in [-0.15, -0.1) is 0 Å². The van der Waals surface area contributed by atoms with E-state index in [2.05, 4.69) is 4.99 Å². The van der Waals surface area contributed by atoms with Crippen molar-refractivity contribution in [2.24, 2.45) is 4.99 Å². The normalized spacial score (nSPS) is 15.0. The molecule has 0 N–H and O–H groups in total. The fraction of sp³-hybridized carbons (Fsp3) is 0.321. The molecule has 9 nitrogen and oxygen atoms in total. The number of rotatable bonds is 8. The van der Waals surface area contributed by atoms with E-state index >= 15 is 0 Å². The van der Waals surface area contributed by atoms with E-state index in [4.69, 9.17) is 18.9 Å². The monoisotopic (exact) mass is 537 g/mol. The van der Waals surface area contributed by atoms with Crippen LogP contribution in [0.5, 0.6) is 17.2 Å². The standard InChI is InChI=1S/C28H31N3O6S/c1-8-37-27(33)22-16(2)29-28-31(23(22)17-9-12-19(13-10-17)30(3)4)26(32)21(38-28)15-18-11-14-20(34-5)25(36-7)24(18)35-6/h9-15,23H,8H2,1-7H3/t23-/m1/s1. The lowest BCUT2D eigenvalue weighted by Gasteiger charge is -2.25. The second-order valence-electron chi connectivity index (χ2n) is 8.71. The van der Waals surface area contributed by atoms with Gasteiger partial charge in [-0.25, -0.2) is 9.79 Å². The summed E-state index contributed by atoms with van der Waals surface area (Å²) >= 11 is 1.24. The molecule has 0 radical (unpaired) electrons. The first kappa shape index (κ1) is 27.0. The Morgan fingerprint density at radius 2 is 1.74 bits per heavy atom. The van der Waals surface area contributed by atoms with E-state index in [0.29, 0.717) is 43.4 Å². The Balaban J connectivity index is 1.95. The first-order valence-corrected chi connectivity index (χ1v) is 12.8. The number of benzene rings is 2. The van der Waals surface area contributed by atoms with Crippen molar-refractivity contribution in [1.82, 2.24) is 4.57 Å². The largest absolute Gasteiger partial charge is 0.493 e. The van der Waals surface area contributed by atoms with Gasteiger partial charge >= 0.3 is 5.97 Å².